The molecule has 1 aliphatic rings. The van der Waals surface area contributed by atoms with Crippen LogP contribution >= 0.6 is 0 Å². The topological polar surface area (TPSA) is 158 Å². The van der Waals surface area contributed by atoms with Gasteiger partial charge in [0.25, 0.3) is 23.4 Å². The molecule has 2 heterocycles. The number of anilines is 1. The SMILES string of the molecule is COc1ccc([N+](=O)[O-])cc1NC(=O)[C@@H](C)OC(=O)c1ccc2c(c1)C(=O)N(Cc1ccco1)C2=O. The number of nitrogens with zero attached hydrogens (tertiary/aromatic N) is 2. The number of non-ortho nitro benzene ring substituents is 1. The minimum atomic E-state index is -1.30. The number of benzene rings is 2. The monoisotopic (exact) mass is 493 g/mol. The molecule has 0 fully saturated rings. The zero-order chi connectivity index (χ0) is 26.0. The molecule has 0 saturated heterocycles. The molecule has 2 aromatic carbocycles. The molecular weight excluding hydrogens is 474 g/mol. The van der Waals surface area contributed by atoms with Gasteiger partial charge >= 0.3 is 5.97 Å². The summed E-state index contributed by atoms with van der Waals surface area (Å²) in [6, 6.07) is 10.8. The van der Waals surface area contributed by atoms with Crippen LogP contribution in [0.25, 0.3) is 0 Å². The fourth-order valence-electron chi connectivity index (χ4n) is 3.54. The predicted octanol–water partition coefficient (Wildman–Crippen LogP) is 3.18. The molecule has 0 bridgehead atoms. The number of methoxy groups -OCH3 is 1. The van der Waals surface area contributed by atoms with Crippen molar-refractivity contribution in [1.82, 2.24) is 4.90 Å². The standard InChI is InChI=1S/C24H19N3O9/c1-13(21(28)25-19-11-15(27(32)33)6-8-20(19)34-2)36-24(31)14-5-7-17-18(10-14)23(30)26(22(17)29)12-16-4-3-9-35-16/h3-11,13H,12H2,1-2H3,(H,25,28)/t13-/m1/s1. The molecular formula is C24H19N3O9. The predicted molar refractivity (Wildman–Crippen MR) is 123 cm³/mol. The molecule has 12 nitrogen and oxygen atoms in total. The molecule has 184 valence electrons. The fourth-order valence-corrected chi connectivity index (χ4v) is 3.54. The Labute approximate surface area is 203 Å². The summed E-state index contributed by atoms with van der Waals surface area (Å²) < 4.78 is 15.5. The molecule has 3 amide bonds. The first kappa shape index (κ1) is 24.1. The van der Waals surface area contributed by atoms with E-state index < -0.39 is 34.7 Å². The van der Waals surface area contributed by atoms with Crippen LogP contribution in [0, 0.1) is 10.1 Å². The fraction of sp³-hybridized carbons (Fsp3) is 0.167. The quantitative estimate of drug-likeness (QED) is 0.215. The summed E-state index contributed by atoms with van der Waals surface area (Å²) in [6.45, 7) is 1.25. The number of amides is 3. The summed E-state index contributed by atoms with van der Waals surface area (Å²) >= 11 is 0. The van der Waals surface area contributed by atoms with Crippen LogP contribution in [-0.4, -0.2) is 46.7 Å². The lowest BCUT2D eigenvalue weighted by Gasteiger charge is -2.15. The number of nitro groups is 1. The van der Waals surface area contributed by atoms with Gasteiger partial charge in [0.05, 0.1) is 47.2 Å². The molecule has 0 spiro atoms. The third-order valence-corrected chi connectivity index (χ3v) is 5.41. The van der Waals surface area contributed by atoms with Gasteiger partial charge in [0.15, 0.2) is 6.10 Å². The molecule has 1 N–H and O–H groups in total. The largest absolute Gasteiger partial charge is 0.495 e. The Hall–Kier alpha value is -5.00. The van der Waals surface area contributed by atoms with Crippen LogP contribution in [0.2, 0.25) is 0 Å². The molecule has 3 aromatic rings. The number of nitro benzene ring substituents is 1. The minimum Gasteiger partial charge on any atom is -0.495 e. The van der Waals surface area contributed by atoms with E-state index in [-0.39, 0.29) is 40.4 Å². The molecule has 12 heteroatoms. The third kappa shape index (κ3) is 4.64. The minimum absolute atomic E-state index is 0.0258. The van der Waals surface area contributed by atoms with Gasteiger partial charge in [-0.2, -0.15) is 0 Å². The van der Waals surface area contributed by atoms with E-state index in [2.05, 4.69) is 5.32 Å². The van der Waals surface area contributed by atoms with Gasteiger partial charge in [0, 0.05) is 12.1 Å². The number of hydrogen-bond donors (Lipinski definition) is 1. The van der Waals surface area contributed by atoms with Crippen molar-refractivity contribution in [1.29, 1.82) is 0 Å². The second kappa shape index (κ2) is 9.70. The van der Waals surface area contributed by atoms with E-state index >= 15 is 0 Å². The third-order valence-electron chi connectivity index (χ3n) is 5.41. The summed E-state index contributed by atoms with van der Waals surface area (Å²) in [4.78, 5) is 62.0. The maximum atomic E-state index is 12.8. The van der Waals surface area contributed by atoms with Crippen LogP contribution in [0.1, 0.15) is 43.8 Å². The van der Waals surface area contributed by atoms with E-state index in [1.54, 1.807) is 12.1 Å². The molecule has 0 radical (unpaired) electrons. The number of imide groups is 1. The highest BCUT2D eigenvalue weighted by atomic mass is 16.6. The second-order valence-electron chi connectivity index (χ2n) is 7.71. The van der Waals surface area contributed by atoms with Crippen molar-refractivity contribution in [3.8, 4) is 5.75 Å². The van der Waals surface area contributed by atoms with Gasteiger partial charge < -0.3 is 19.2 Å². The van der Waals surface area contributed by atoms with Gasteiger partial charge in [-0.25, -0.2) is 4.79 Å². The lowest BCUT2D eigenvalue weighted by molar-refractivity contribution is -0.384. The summed E-state index contributed by atoms with van der Waals surface area (Å²) in [6.07, 6.45) is 0.121. The number of hydrogen-bond acceptors (Lipinski definition) is 9. The summed E-state index contributed by atoms with van der Waals surface area (Å²) in [5.74, 6) is -2.19. The maximum Gasteiger partial charge on any atom is 0.338 e. The molecule has 0 unspecified atom stereocenters. The normalized spacial score (nSPS) is 13.2. The van der Waals surface area contributed by atoms with Crippen molar-refractivity contribution >= 4 is 35.1 Å². The lowest BCUT2D eigenvalue weighted by atomic mass is 10.1. The van der Waals surface area contributed by atoms with Crippen molar-refractivity contribution in [2.24, 2.45) is 0 Å². The van der Waals surface area contributed by atoms with Crippen LogP contribution < -0.4 is 10.1 Å². The number of fused-ring (bicyclic) bond motifs is 1. The first-order valence-corrected chi connectivity index (χ1v) is 10.6. The molecule has 4 rings (SSSR count). The average molecular weight is 493 g/mol. The van der Waals surface area contributed by atoms with Gasteiger partial charge in [-0.15, -0.1) is 0 Å². The number of esters is 1. The zero-order valence-corrected chi connectivity index (χ0v) is 19.0. The summed E-state index contributed by atoms with van der Waals surface area (Å²) in [5, 5.41) is 13.5. The molecule has 0 saturated carbocycles. The smallest absolute Gasteiger partial charge is 0.338 e. The molecule has 1 aliphatic heterocycles. The molecule has 1 aromatic heterocycles. The Bertz CT molecular complexity index is 1380. The molecule has 0 aliphatic carbocycles. The van der Waals surface area contributed by atoms with E-state index in [0.717, 1.165) is 11.0 Å². The Morgan fingerprint density at radius 3 is 2.53 bits per heavy atom. The van der Waals surface area contributed by atoms with Crippen LogP contribution in [0.15, 0.2) is 59.2 Å². The van der Waals surface area contributed by atoms with Crippen LogP contribution in [0.5, 0.6) is 5.75 Å². The van der Waals surface area contributed by atoms with E-state index in [1.165, 1.54) is 50.6 Å². The van der Waals surface area contributed by atoms with Gasteiger partial charge in [0.2, 0.25) is 0 Å². The number of rotatable bonds is 8. The van der Waals surface area contributed by atoms with Crippen LogP contribution in [0.3, 0.4) is 0 Å². The Balaban J connectivity index is 1.45. The van der Waals surface area contributed by atoms with E-state index in [0.29, 0.717) is 5.76 Å². The van der Waals surface area contributed by atoms with Gasteiger partial charge in [-0.1, -0.05) is 0 Å². The summed E-state index contributed by atoms with van der Waals surface area (Å²) in [5.41, 5.74) is -0.125. The number of nitrogens with one attached hydrogen (secondary N) is 1. The highest BCUT2D eigenvalue weighted by Crippen LogP contribution is 2.29. The van der Waals surface area contributed by atoms with Crippen LogP contribution in [0.4, 0.5) is 11.4 Å². The van der Waals surface area contributed by atoms with Crippen molar-refractivity contribution in [2.75, 3.05) is 12.4 Å². The maximum absolute atomic E-state index is 12.8. The highest BCUT2D eigenvalue weighted by Gasteiger charge is 2.36. The van der Waals surface area contributed by atoms with Gasteiger partial charge in [-0.3, -0.25) is 29.4 Å². The van der Waals surface area contributed by atoms with Crippen molar-refractivity contribution in [3.63, 3.8) is 0 Å². The number of ether oxygens (including phenoxy) is 2. The molecule has 1 atom stereocenters. The highest BCUT2D eigenvalue weighted by molar-refractivity contribution is 6.21. The van der Waals surface area contributed by atoms with Crippen molar-refractivity contribution in [2.45, 2.75) is 19.6 Å². The average Bonchev–Trinajstić information content (AvgIpc) is 3.46. The Kier molecular flexibility index (Phi) is 6.50. The first-order valence-electron chi connectivity index (χ1n) is 10.6. The second-order valence-corrected chi connectivity index (χ2v) is 7.71. The van der Waals surface area contributed by atoms with Crippen molar-refractivity contribution < 1.29 is 38.0 Å². The van der Waals surface area contributed by atoms with Gasteiger partial charge in [-0.05, 0) is 43.3 Å². The number of furan rings is 1. The number of carbonyl (C=O) groups is 4. The van der Waals surface area contributed by atoms with Gasteiger partial charge in [0.1, 0.15) is 11.5 Å². The zero-order valence-electron chi connectivity index (χ0n) is 19.0. The first-order chi connectivity index (χ1) is 17.2. The van der Waals surface area contributed by atoms with E-state index in [4.69, 9.17) is 13.9 Å². The number of carbonyl (C=O) groups excluding carboxylic acids is 4. The van der Waals surface area contributed by atoms with E-state index in [9.17, 15) is 29.3 Å². The molecule has 36 heavy (non-hydrogen) atoms. The lowest BCUT2D eigenvalue weighted by Crippen LogP contribution is -2.30. The van der Waals surface area contributed by atoms with Crippen LogP contribution in [-0.2, 0) is 16.1 Å². The summed E-state index contributed by atoms with van der Waals surface area (Å²) in [7, 11) is 1.33. The Morgan fingerprint density at radius 1 is 1.11 bits per heavy atom. The van der Waals surface area contributed by atoms with Crippen molar-refractivity contribution in [3.05, 3.63) is 87.4 Å². The van der Waals surface area contributed by atoms with E-state index in [1.807, 2.05) is 0 Å². The Morgan fingerprint density at radius 2 is 1.86 bits per heavy atom.